The van der Waals surface area contributed by atoms with Crippen LogP contribution in [-0.2, 0) is 4.79 Å². The van der Waals surface area contributed by atoms with Crippen molar-refractivity contribution in [3.8, 4) is 5.75 Å². The Kier molecular flexibility index (Phi) is 6.82. The highest BCUT2D eigenvalue weighted by atomic mass is 16.5. The van der Waals surface area contributed by atoms with Crippen LogP contribution in [-0.4, -0.2) is 36.9 Å². The largest absolute Gasteiger partial charge is 0.495 e. The van der Waals surface area contributed by atoms with Gasteiger partial charge < -0.3 is 15.4 Å². The summed E-state index contributed by atoms with van der Waals surface area (Å²) in [5, 5.41) is 5.79. The van der Waals surface area contributed by atoms with Crippen LogP contribution in [0, 0.1) is 0 Å². The second-order valence-corrected chi connectivity index (χ2v) is 7.82. The van der Waals surface area contributed by atoms with Gasteiger partial charge in [-0.15, -0.1) is 0 Å². The monoisotopic (exact) mass is 429 g/mol. The van der Waals surface area contributed by atoms with Gasteiger partial charge in [0, 0.05) is 17.3 Å². The third kappa shape index (κ3) is 5.15. The predicted octanol–water partition coefficient (Wildman–Crippen LogP) is 4.72. The lowest BCUT2D eigenvalue weighted by Gasteiger charge is -2.24. The molecule has 0 spiro atoms. The first kappa shape index (κ1) is 21.6. The molecule has 0 aliphatic carbocycles. The maximum atomic E-state index is 12.6. The van der Waals surface area contributed by atoms with Crippen LogP contribution in [0.15, 0.2) is 78.9 Å². The van der Waals surface area contributed by atoms with E-state index in [9.17, 15) is 9.59 Å². The molecular weight excluding hydrogens is 402 g/mol. The van der Waals surface area contributed by atoms with E-state index < -0.39 is 0 Å². The van der Waals surface area contributed by atoms with Gasteiger partial charge in [-0.3, -0.25) is 14.5 Å². The van der Waals surface area contributed by atoms with Gasteiger partial charge in [-0.1, -0.05) is 42.5 Å². The van der Waals surface area contributed by atoms with Gasteiger partial charge in [0.05, 0.1) is 19.3 Å². The SMILES string of the molecule is COc1ccccc1NC(=O)c1ccc(NC(=O)CN2CCCC2c2ccccc2)cc1. The quantitative estimate of drug-likeness (QED) is 0.570. The Hall–Kier alpha value is -3.64. The van der Waals surface area contributed by atoms with Crippen LogP contribution >= 0.6 is 0 Å². The van der Waals surface area contributed by atoms with E-state index in [2.05, 4.69) is 27.7 Å². The average Bonchev–Trinajstić information content (AvgIpc) is 3.28. The highest BCUT2D eigenvalue weighted by Gasteiger charge is 2.27. The fraction of sp³-hybridized carbons (Fsp3) is 0.231. The summed E-state index contributed by atoms with van der Waals surface area (Å²) in [7, 11) is 1.56. The van der Waals surface area contributed by atoms with Crippen molar-refractivity contribution in [2.24, 2.45) is 0 Å². The highest BCUT2D eigenvalue weighted by Crippen LogP contribution is 2.31. The van der Waals surface area contributed by atoms with Crippen LogP contribution in [0.4, 0.5) is 11.4 Å². The predicted molar refractivity (Wildman–Crippen MR) is 126 cm³/mol. The zero-order valence-corrected chi connectivity index (χ0v) is 18.1. The molecule has 1 heterocycles. The van der Waals surface area contributed by atoms with Gasteiger partial charge in [0.25, 0.3) is 5.91 Å². The van der Waals surface area contributed by atoms with Crippen molar-refractivity contribution in [3.63, 3.8) is 0 Å². The topological polar surface area (TPSA) is 70.7 Å². The molecule has 3 aromatic carbocycles. The van der Waals surface area contributed by atoms with E-state index in [1.807, 2.05) is 30.3 Å². The van der Waals surface area contributed by atoms with Crippen LogP contribution < -0.4 is 15.4 Å². The summed E-state index contributed by atoms with van der Waals surface area (Å²) < 4.78 is 5.27. The van der Waals surface area contributed by atoms with E-state index in [4.69, 9.17) is 4.74 Å². The molecule has 0 radical (unpaired) electrons. The molecule has 3 aromatic rings. The number of hydrogen-bond donors (Lipinski definition) is 2. The van der Waals surface area contributed by atoms with Crippen LogP contribution in [0.1, 0.15) is 34.8 Å². The van der Waals surface area contributed by atoms with E-state index in [0.717, 1.165) is 19.4 Å². The van der Waals surface area contributed by atoms with Crippen molar-refractivity contribution in [1.82, 2.24) is 4.90 Å². The second kappa shape index (κ2) is 10.1. The molecule has 2 N–H and O–H groups in total. The summed E-state index contributed by atoms with van der Waals surface area (Å²) in [5.41, 5.74) is 3.02. The van der Waals surface area contributed by atoms with Crippen molar-refractivity contribution in [2.75, 3.05) is 30.8 Å². The van der Waals surface area contributed by atoms with E-state index in [0.29, 0.717) is 29.2 Å². The number of para-hydroxylation sites is 2. The van der Waals surface area contributed by atoms with Gasteiger partial charge in [0.1, 0.15) is 5.75 Å². The van der Waals surface area contributed by atoms with Crippen molar-refractivity contribution in [2.45, 2.75) is 18.9 Å². The zero-order valence-electron chi connectivity index (χ0n) is 18.1. The molecule has 0 aromatic heterocycles. The van der Waals surface area contributed by atoms with Crippen molar-refractivity contribution in [1.29, 1.82) is 0 Å². The number of carbonyl (C=O) groups excluding carboxylic acids is 2. The van der Waals surface area contributed by atoms with Gasteiger partial charge in [0.2, 0.25) is 5.91 Å². The molecule has 1 saturated heterocycles. The maximum absolute atomic E-state index is 12.6. The molecule has 1 aliphatic heterocycles. The van der Waals surface area contributed by atoms with Gasteiger partial charge in [-0.05, 0) is 61.3 Å². The number of rotatable bonds is 7. The Labute approximate surface area is 188 Å². The third-order valence-corrected chi connectivity index (χ3v) is 5.68. The number of likely N-dealkylation sites (tertiary alicyclic amines) is 1. The Morgan fingerprint density at radius 3 is 2.41 bits per heavy atom. The summed E-state index contributed by atoms with van der Waals surface area (Å²) in [6, 6.07) is 24.7. The summed E-state index contributed by atoms with van der Waals surface area (Å²) in [5.74, 6) is 0.301. The lowest BCUT2D eigenvalue weighted by molar-refractivity contribution is -0.117. The number of carbonyl (C=O) groups is 2. The molecule has 6 nitrogen and oxygen atoms in total. The molecule has 1 fully saturated rings. The first-order valence-corrected chi connectivity index (χ1v) is 10.8. The Bertz CT molecular complexity index is 1070. The molecule has 164 valence electrons. The fourth-order valence-electron chi connectivity index (χ4n) is 4.10. The van der Waals surface area contributed by atoms with E-state index >= 15 is 0 Å². The normalized spacial score (nSPS) is 15.8. The molecule has 32 heavy (non-hydrogen) atoms. The Morgan fingerprint density at radius 2 is 1.66 bits per heavy atom. The molecule has 4 rings (SSSR count). The summed E-state index contributed by atoms with van der Waals surface area (Å²) >= 11 is 0. The second-order valence-electron chi connectivity index (χ2n) is 7.82. The number of nitrogens with zero attached hydrogens (tertiary/aromatic N) is 1. The van der Waals surface area contributed by atoms with Gasteiger partial charge in [-0.2, -0.15) is 0 Å². The molecule has 1 unspecified atom stereocenters. The standard InChI is InChI=1S/C26H27N3O3/c1-32-24-12-6-5-10-22(24)28-26(31)20-13-15-21(16-14-20)27-25(30)18-29-17-7-11-23(29)19-8-3-2-4-9-19/h2-6,8-10,12-16,23H,7,11,17-18H2,1H3,(H,27,30)(H,28,31). The van der Waals surface area contributed by atoms with E-state index in [1.54, 1.807) is 43.5 Å². The number of hydrogen-bond acceptors (Lipinski definition) is 4. The number of benzene rings is 3. The molecule has 6 heteroatoms. The van der Waals surface area contributed by atoms with Crippen molar-refractivity contribution in [3.05, 3.63) is 90.0 Å². The Morgan fingerprint density at radius 1 is 0.938 bits per heavy atom. The molecular formula is C26H27N3O3. The van der Waals surface area contributed by atoms with Crippen LogP contribution in [0.2, 0.25) is 0 Å². The lowest BCUT2D eigenvalue weighted by atomic mass is 10.0. The maximum Gasteiger partial charge on any atom is 0.255 e. The van der Waals surface area contributed by atoms with Gasteiger partial charge >= 0.3 is 0 Å². The molecule has 2 amide bonds. The molecule has 0 bridgehead atoms. The number of nitrogens with one attached hydrogen (secondary N) is 2. The van der Waals surface area contributed by atoms with E-state index in [1.165, 1.54) is 5.56 Å². The smallest absolute Gasteiger partial charge is 0.255 e. The van der Waals surface area contributed by atoms with Crippen LogP contribution in [0.5, 0.6) is 5.75 Å². The minimum absolute atomic E-state index is 0.0564. The molecule has 0 saturated carbocycles. The zero-order chi connectivity index (χ0) is 22.3. The van der Waals surface area contributed by atoms with Crippen LogP contribution in [0.3, 0.4) is 0 Å². The first-order valence-electron chi connectivity index (χ1n) is 10.8. The fourth-order valence-corrected chi connectivity index (χ4v) is 4.10. The number of methoxy groups -OCH3 is 1. The molecule has 1 atom stereocenters. The van der Waals surface area contributed by atoms with Crippen LogP contribution in [0.25, 0.3) is 0 Å². The summed E-state index contributed by atoms with van der Waals surface area (Å²) in [4.78, 5) is 27.4. The Balaban J connectivity index is 1.34. The summed E-state index contributed by atoms with van der Waals surface area (Å²) in [6.07, 6.45) is 2.15. The summed E-state index contributed by atoms with van der Waals surface area (Å²) in [6.45, 7) is 1.25. The first-order chi connectivity index (χ1) is 15.6. The lowest BCUT2D eigenvalue weighted by Crippen LogP contribution is -2.32. The number of amides is 2. The van der Waals surface area contributed by atoms with Gasteiger partial charge in [-0.25, -0.2) is 0 Å². The van der Waals surface area contributed by atoms with E-state index in [-0.39, 0.29) is 17.9 Å². The minimum Gasteiger partial charge on any atom is -0.495 e. The number of anilines is 2. The minimum atomic E-state index is -0.241. The van der Waals surface area contributed by atoms with Crippen molar-refractivity contribution < 1.29 is 14.3 Å². The molecule has 1 aliphatic rings. The van der Waals surface area contributed by atoms with Crippen molar-refractivity contribution >= 4 is 23.2 Å². The van der Waals surface area contributed by atoms with Gasteiger partial charge in [0.15, 0.2) is 0 Å². The third-order valence-electron chi connectivity index (χ3n) is 5.68. The number of ether oxygens (including phenoxy) is 1. The average molecular weight is 430 g/mol. The highest BCUT2D eigenvalue weighted by molar-refractivity contribution is 6.05.